The van der Waals surface area contributed by atoms with E-state index in [9.17, 15) is 40.9 Å². The zero-order valence-corrected chi connectivity index (χ0v) is 30.9. The van der Waals surface area contributed by atoms with Crippen molar-refractivity contribution in [2.45, 2.75) is 148 Å². The Kier molecular flexibility index (Phi) is 17.1. The molecule has 0 aromatic carbocycles. The fourth-order valence-corrected chi connectivity index (χ4v) is 7.67. The lowest BCUT2D eigenvalue weighted by Gasteiger charge is -2.47. The zero-order valence-electron chi connectivity index (χ0n) is 30.9. The van der Waals surface area contributed by atoms with E-state index in [0.29, 0.717) is 6.42 Å². The monoisotopic (exact) mass is 786 g/mol. The lowest BCUT2D eigenvalue weighted by atomic mass is 9.80. The lowest BCUT2D eigenvalue weighted by Crippen LogP contribution is -2.68. The smallest absolute Gasteiger partial charge is 0.176 e. The van der Waals surface area contributed by atoms with Crippen LogP contribution in [0, 0.1) is 5.92 Å². The van der Waals surface area contributed by atoms with Gasteiger partial charge < -0.3 is 114 Å². The molecule has 2 heterocycles. The van der Waals surface area contributed by atoms with Gasteiger partial charge in [0.1, 0.15) is 61.0 Å². The maximum atomic E-state index is 11.1. The minimum Gasteiger partial charge on any atom is -0.390 e. The van der Waals surface area contributed by atoms with Gasteiger partial charge in [0.15, 0.2) is 12.6 Å². The highest BCUT2D eigenvalue weighted by atomic mass is 16.7. The van der Waals surface area contributed by atoms with Crippen molar-refractivity contribution in [1.29, 1.82) is 0 Å². The Morgan fingerprint density at radius 2 is 1.00 bits per heavy atom. The highest BCUT2D eigenvalue weighted by Crippen LogP contribution is 2.32. The van der Waals surface area contributed by atoms with Crippen LogP contribution in [-0.4, -0.2) is 220 Å². The van der Waals surface area contributed by atoms with Crippen LogP contribution < -0.4 is 40.1 Å². The van der Waals surface area contributed by atoms with Crippen LogP contribution >= 0.6 is 0 Å². The molecule has 4 fully saturated rings. The van der Waals surface area contributed by atoms with Gasteiger partial charge in [0.05, 0.1) is 49.7 Å². The molecule has 4 rings (SSSR count). The third-order valence-corrected chi connectivity index (χ3v) is 10.9. The Labute approximate surface area is 314 Å². The van der Waals surface area contributed by atoms with Crippen LogP contribution in [0.1, 0.15) is 19.8 Å². The molecule has 22 atom stereocenters. The molecule has 0 radical (unpaired) electrons. The van der Waals surface area contributed by atoms with Gasteiger partial charge in [-0.3, -0.25) is 0 Å². The summed E-state index contributed by atoms with van der Waals surface area (Å²) < 4.78 is 35.4. The van der Waals surface area contributed by atoms with Crippen molar-refractivity contribution < 1.29 is 69.3 Å². The van der Waals surface area contributed by atoms with Crippen molar-refractivity contribution >= 4 is 0 Å². The molecule has 2 aliphatic heterocycles. The maximum Gasteiger partial charge on any atom is 0.176 e. The fourth-order valence-electron chi connectivity index (χ4n) is 7.67. The van der Waals surface area contributed by atoms with Crippen molar-refractivity contribution in [3.63, 3.8) is 0 Å². The molecule has 20 unspecified atom stereocenters. The number of rotatable bonds is 16. The molecule has 0 aromatic rings. The second-order valence-electron chi connectivity index (χ2n) is 15.4. The van der Waals surface area contributed by atoms with E-state index in [-0.39, 0.29) is 51.7 Å². The molecule has 2 aliphatic carbocycles. The number of hydrogen-bond donors (Lipinski definition) is 15. The number of ether oxygens (including phenoxy) is 6. The van der Waals surface area contributed by atoms with Crippen molar-refractivity contribution in [3.8, 4) is 0 Å². The summed E-state index contributed by atoms with van der Waals surface area (Å²) in [6.45, 7) is 1.04. The lowest BCUT2D eigenvalue weighted by molar-refractivity contribution is -0.293. The number of nitrogens with two attached hydrogens (primary N) is 7. The molecule has 0 amide bonds. The minimum atomic E-state index is -1.41. The van der Waals surface area contributed by atoms with E-state index in [2.05, 4.69) is 0 Å². The largest absolute Gasteiger partial charge is 0.390 e. The van der Waals surface area contributed by atoms with Crippen LogP contribution in [0.4, 0.5) is 0 Å². The molecule has 22 N–H and O–H groups in total. The average Bonchev–Trinajstić information content (AvgIpc) is 3.12. The van der Waals surface area contributed by atoms with Crippen molar-refractivity contribution in [2.75, 3.05) is 46.4 Å². The molecule has 2 saturated heterocycles. The second-order valence-corrected chi connectivity index (χ2v) is 15.4. The van der Waals surface area contributed by atoms with Crippen LogP contribution in [-0.2, 0) is 28.4 Å². The molecule has 0 aromatic heterocycles. The van der Waals surface area contributed by atoms with E-state index < -0.39 is 128 Å². The van der Waals surface area contributed by atoms with Gasteiger partial charge in [0.25, 0.3) is 0 Å². The summed E-state index contributed by atoms with van der Waals surface area (Å²) in [5.41, 5.74) is 42.4. The number of likely N-dealkylation sites (N-methyl/N-ethyl adjacent to an activating group) is 1. The van der Waals surface area contributed by atoms with Gasteiger partial charge in [-0.2, -0.15) is 0 Å². The summed E-state index contributed by atoms with van der Waals surface area (Å²) >= 11 is 0. The van der Waals surface area contributed by atoms with Crippen LogP contribution in [0.15, 0.2) is 0 Å². The Morgan fingerprint density at radius 1 is 0.593 bits per heavy atom. The first-order valence-electron chi connectivity index (χ1n) is 18.6. The molecule has 54 heavy (non-hydrogen) atoms. The highest BCUT2D eigenvalue weighted by Gasteiger charge is 2.50. The van der Waals surface area contributed by atoms with Crippen molar-refractivity contribution in [3.05, 3.63) is 0 Å². The summed E-state index contributed by atoms with van der Waals surface area (Å²) in [6.07, 6.45) is -18.0. The van der Waals surface area contributed by atoms with E-state index in [1.165, 1.54) is 0 Å². The molecule has 2 saturated carbocycles. The van der Waals surface area contributed by atoms with Gasteiger partial charge in [0, 0.05) is 44.3 Å². The molecule has 22 nitrogen and oxygen atoms in total. The summed E-state index contributed by atoms with van der Waals surface area (Å²) in [4.78, 5) is 1.62. The third-order valence-electron chi connectivity index (χ3n) is 10.9. The quantitative estimate of drug-likeness (QED) is 0.0690. The topological polar surface area (TPSA) is 403 Å². The number of hydrogen-bond acceptors (Lipinski definition) is 22. The number of nitrogens with zero attached hydrogens (tertiary/aromatic N) is 1. The zero-order chi connectivity index (χ0) is 40.2. The first-order chi connectivity index (χ1) is 25.4. The summed E-state index contributed by atoms with van der Waals surface area (Å²) in [5.74, 6) is -0.281. The SMILES string of the molecule is CC1CC(N)C(OC2OC(CN)C(O)C(O)C2N)C(OC[C@@H](O)CN(C)C[C@H](O)COC2C(O)C(N)CC(N)C2OC2OC(CN)C(O)C(O)C2N)C1O. The van der Waals surface area contributed by atoms with Gasteiger partial charge in [-0.15, -0.1) is 0 Å². The number of aliphatic hydroxyl groups excluding tert-OH is 8. The molecule has 318 valence electrons. The Balaban J connectivity index is 1.30. The van der Waals surface area contributed by atoms with Crippen LogP contribution in [0.5, 0.6) is 0 Å². The van der Waals surface area contributed by atoms with E-state index in [4.69, 9.17) is 68.6 Å². The number of aliphatic hydroxyl groups is 8. The molecule has 4 aliphatic rings. The van der Waals surface area contributed by atoms with Gasteiger partial charge in [-0.25, -0.2) is 0 Å². The van der Waals surface area contributed by atoms with E-state index >= 15 is 0 Å². The normalized spacial score (nSPS) is 47.4. The summed E-state index contributed by atoms with van der Waals surface area (Å²) in [6, 6.07) is -4.48. The first kappa shape index (κ1) is 45.8. The third kappa shape index (κ3) is 10.8. The van der Waals surface area contributed by atoms with Crippen LogP contribution in [0.25, 0.3) is 0 Å². The van der Waals surface area contributed by atoms with Gasteiger partial charge in [-0.05, 0) is 25.8 Å². The van der Waals surface area contributed by atoms with Crippen molar-refractivity contribution in [2.24, 2.45) is 46.1 Å². The predicted molar refractivity (Wildman–Crippen MR) is 188 cm³/mol. The summed E-state index contributed by atoms with van der Waals surface area (Å²) in [5, 5.41) is 85.0. The molecular weight excluding hydrogens is 720 g/mol. The molecule has 0 bridgehead atoms. The van der Waals surface area contributed by atoms with Gasteiger partial charge >= 0.3 is 0 Å². The van der Waals surface area contributed by atoms with Crippen LogP contribution in [0.2, 0.25) is 0 Å². The summed E-state index contributed by atoms with van der Waals surface area (Å²) in [7, 11) is 1.64. The molecular formula is C32H66N8O14. The molecule has 0 spiro atoms. The first-order valence-corrected chi connectivity index (χ1v) is 18.6. The van der Waals surface area contributed by atoms with Gasteiger partial charge in [-0.1, -0.05) is 6.92 Å². The Hall–Kier alpha value is -0.880. The standard InChI is InChI=1S/C32H66N8O14/c1-11-3-15(36)27(53-31-19(38)25(47)23(45)17(5-33)51-31)29(21(11)43)49-9-12(41)7-40(2)8-13(42)10-50-30-22(44)14(35)4-16(37)28(30)54-32-20(39)26(48)24(46)18(6-34)52-32/h11-32,41-48H,3-10,33-39H2,1-2H3/t11?,12-,13-,14?,15?,16?,17?,18?,19?,20?,21?,22?,23?,24?,25?,26?,27?,28?,29?,30?,31?,32?/m0/s1. The van der Waals surface area contributed by atoms with Gasteiger partial charge in [0.2, 0.25) is 0 Å². The fraction of sp³-hybridized carbons (Fsp3) is 1.00. The Bertz CT molecular complexity index is 1050. The van der Waals surface area contributed by atoms with Crippen molar-refractivity contribution in [1.82, 2.24) is 4.90 Å². The maximum absolute atomic E-state index is 11.1. The van der Waals surface area contributed by atoms with E-state index in [1.54, 1.807) is 18.9 Å². The van der Waals surface area contributed by atoms with Crippen LogP contribution in [0.3, 0.4) is 0 Å². The second kappa shape index (κ2) is 20.2. The van der Waals surface area contributed by atoms with E-state index in [1.807, 2.05) is 0 Å². The minimum absolute atomic E-state index is 0.00939. The highest BCUT2D eigenvalue weighted by molar-refractivity contribution is 5.01. The van der Waals surface area contributed by atoms with E-state index in [0.717, 1.165) is 0 Å². The average molecular weight is 787 g/mol. The predicted octanol–water partition coefficient (Wildman–Crippen LogP) is -9.21. The molecule has 22 heteroatoms. The Morgan fingerprint density at radius 3 is 1.43 bits per heavy atom.